The van der Waals surface area contributed by atoms with Crippen LogP contribution in [0.5, 0.6) is 5.75 Å². The Bertz CT molecular complexity index is 916. The minimum atomic E-state index is -0.202. The van der Waals surface area contributed by atoms with E-state index in [-0.39, 0.29) is 11.3 Å². The molecule has 0 fully saturated rings. The average molecular weight is 446 g/mol. The summed E-state index contributed by atoms with van der Waals surface area (Å²) in [4.78, 5) is 12.4. The lowest BCUT2D eigenvalue weighted by molar-refractivity contribution is 0.102. The quantitative estimate of drug-likeness (QED) is 0.568. The van der Waals surface area contributed by atoms with Crippen molar-refractivity contribution < 1.29 is 9.53 Å². The van der Waals surface area contributed by atoms with Gasteiger partial charge < -0.3 is 4.74 Å². The third kappa shape index (κ3) is 5.37. The van der Waals surface area contributed by atoms with Crippen LogP contribution in [0.25, 0.3) is 0 Å². The SMILES string of the molecule is CC(C)(C)c1ccc(C(=O)Nc2nnc(COc3ccc(Br)cc3)s2)cc1. The van der Waals surface area contributed by atoms with E-state index in [4.69, 9.17) is 4.74 Å². The first-order valence-electron chi connectivity index (χ1n) is 8.44. The van der Waals surface area contributed by atoms with Gasteiger partial charge in [-0.3, -0.25) is 10.1 Å². The highest BCUT2D eigenvalue weighted by Crippen LogP contribution is 2.23. The number of carbonyl (C=O) groups excluding carboxylic acids is 1. The normalized spacial score (nSPS) is 11.3. The van der Waals surface area contributed by atoms with Crippen molar-refractivity contribution in [3.63, 3.8) is 0 Å². The third-order valence-corrected chi connectivity index (χ3v) is 5.22. The highest BCUT2D eigenvalue weighted by atomic mass is 79.9. The molecule has 0 unspecified atom stereocenters. The van der Waals surface area contributed by atoms with Gasteiger partial charge >= 0.3 is 0 Å². The molecule has 0 aliphatic carbocycles. The fraction of sp³-hybridized carbons (Fsp3) is 0.250. The summed E-state index contributed by atoms with van der Waals surface area (Å²) < 4.78 is 6.66. The van der Waals surface area contributed by atoms with Gasteiger partial charge in [-0.15, -0.1) is 10.2 Å². The van der Waals surface area contributed by atoms with E-state index in [1.54, 1.807) is 0 Å². The first-order chi connectivity index (χ1) is 12.8. The number of carbonyl (C=O) groups is 1. The maximum atomic E-state index is 12.4. The number of rotatable bonds is 5. The van der Waals surface area contributed by atoms with Crippen LogP contribution in [0.4, 0.5) is 5.13 Å². The summed E-state index contributed by atoms with van der Waals surface area (Å²) in [5.74, 6) is 0.546. The Labute approximate surface area is 170 Å². The van der Waals surface area contributed by atoms with E-state index < -0.39 is 0 Å². The van der Waals surface area contributed by atoms with E-state index in [0.717, 1.165) is 10.2 Å². The van der Waals surface area contributed by atoms with Crippen LogP contribution in [0.15, 0.2) is 53.0 Å². The van der Waals surface area contributed by atoms with E-state index in [9.17, 15) is 4.79 Å². The van der Waals surface area contributed by atoms with Crippen molar-refractivity contribution in [1.29, 1.82) is 0 Å². The van der Waals surface area contributed by atoms with Gasteiger partial charge in [0.15, 0.2) is 5.01 Å². The molecule has 0 bridgehead atoms. The Morgan fingerprint density at radius 1 is 1.07 bits per heavy atom. The second-order valence-corrected chi connectivity index (χ2v) is 9.00. The summed E-state index contributed by atoms with van der Waals surface area (Å²) in [6, 6.07) is 15.2. The fourth-order valence-corrected chi connectivity index (χ4v) is 3.24. The van der Waals surface area contributed by atoms with E-state index in [0.29, 0.717) is 22.3 Å². The summed E-state index contributed by atoms with van der Waals surface area (Å²) >= 11 is 4.68. The van der Waals surface area contributed by atoms with Crippen molar-refractivity contribution in [2.45, 2.75) is 32.8 Å². The van der Waals surface area contributed by atoms with Crippen molar-refractivity contribution in [1.82, 2.24) is 10.2 Å². The van der Waals surface area contributed by atoms with Crippen LogP contribution in [-0.4, -0.2) is 16.1 Å². The van der Waals surface area contributed by atoms with E-state index in [1.807, 2.05) is 48.5 Å². The largest absolute Gasteiger partial charge is 0.486 e. The zero-order chi connectivity index (χ0) is 19.4. The van der Waals surface area contributed by atoms with Gasteiger partial charge in [-0.1, -0.05) is 60.2 Å². The molecule has 0 spiro atoms. The molecule has 0 saturated heterocycles. The summed E-state index contributed by atoms with van der Waals surface area (Å²) in [7, 11) is 0. The van der Waals surface area contributed by atoms with Gasteiger partial charge in [-0.05, 0) is 47.4 Å². The van der Waals surface area contributed by atoms with Crippen LogP contribution in [0.1, 0.15) is 41.7 Å². The first kappa shape index (κ1) is 19.5. The zero-order valence-corrected chi connectivity index (χ0v) is 17.7. The van der Waals surface area contributed by atoms with Gasteiger partial charge in [0.2, 0.25) is 5.13 Å². The maximum Gasteiger partial charge on any atom is 0.257 e. The number of ether oxygens (including phenoxy) is 1. The third-order valence-electron chi connectivity index (χ3n) is 3.88. The van der Waals surface area contributed by atoms with Crippen molar-refractivity contribution in [3.05, 3.63) is 69.1 Å². The maximum absolute atomic E-state index is 12.4. The number of benzene rings is 2. The smallest absolute Gasteiger partial charge is 0.257 e. The van der Waals surface area contributed by atoms with Crippen LogP contribution in [0.3, 0.4) is 0 Å². The molecule has 2 aromatic carbocycles. The summed E-state index contributed by atoms with van der Waals surface area (Å²) in [5, 5.41) is 12.0. The molecule has 1 aromatic heterocycles. The summed E-state index contributed by atoms with van der Waals surface area (Å²) in [6.45, 7) is 6.72. The predicted molar refractivity (Wildman–Crippen MR) is 111 cm³/mol. The predicted octanol–water partition coefficient (Wildman–Crippen LogP) is 5.43. The molecule has 140 valence electrons. The lowest BCUT2D eigenvalue weighted by atomic mass is 9.87. The monoisotopic (exact) mass is 445 g/mol. The van der Waals surface area contributed by atoms with Gasteiger partial charge in [0.1, 0.15) is 12.4 Å². The molecule has 1 amide bonds. The molecule has 0 aliphatic rings. The van der Waals surface area contributed by atoms with Crippen LogP contribution in [0.2, 0.25) is 0 Å². The van der Waals surface area contributed by atoms with Gasteiger partial charge in [-0.25, -0.2) is 0 Å². The van der Waals surface area contributed by atoms with Crippen LogP contribution < -0.4 is 10.1 Å². The highest BCUT2D eigenvalue weighted by Gasteiger charge is 2.15. The molecule has 0 saturated carbocycles. The number of anilines is 1. The number of hydrogen-bond donors (Lipinski definition) is 1. The molecule has 3 rings (SSSR count). The molecule has 3 aromatic rings. The Morgan fingerprint density at radius 3 is 2.37 bits per heavy atom. The Hall–Kier alpha value is -2.25. The summed E-state index contributed by atoms with van der Waals surface area (Å²) in [5.41, 5.74) is 1.83. The Morgan fingerprint density at radius 2 is 1.74 bits per heavy atom. The molecular weight excluding hydrogens is 426 g/mol. The standard InChI is InChI=1S/C20H20BrN3O2S/c1-20(2,3)14-6-4-13(5-7-14)18(25)22-19-24-23-17(27-19)12-26-16-10-8-15(21)9-11-16/h4-11H,12H2,1-3H3,(H,22,24,25). The van der Waals surface area contributed by atoms with E-state index in [2.05, 4.69) is 52.2 Å². The second kappa shape index (κ2) is 8.19. The zero-order valence-electron chi connectivity index (χ0n) is 15.3. The molecule has 0 atom stereocenters. The lowest BCUT2D eigenvalue weighted by Gasteiger charge is -2.18. The first-order valence-corrected chi connectivity index (χ1v) is 10.0. The minimum Gasteiger partial charge on any atom is -0.486 e. The molecule has 1 N–H and O–H groups in total. The van der Waals surface area contributed by atoms with Crippen molar-refractivity contribution in [3.8, 4) is 5.75 Å². The van der Waals surface area contributed by atoms with Gasteiger partial charge in [0, 0.05) is 10.0 Å². The fourth-order valence-electron chi connectivity index (χ4n) is 2.33. The molecule has 27 heavy (non-hydrogen) atoms. The van der Waals surface area contributed by atoms with Gasteiger partial charge in [0.25, 0.3) is 5.91 Å². The molecule has 7 heteroatoms. The number of hydrogen-bond acceptors (Lipinski definition) is 5. The Kier molecular flexibility index (Phi) is 5.92. The molecule has 1 heterocycles. The molecule has 0 radical (unpaired) electrons. The van der Waals surface area contributed by atoms with Crippen molar-refractivity contribution in [2.75, 3.05) is 5.32 Å². The van der Waals surface area contributed by atoms with E-state index >= 15 is 0 Å². The molecule has 0 aliphatic heterocycles. The number of amides is 1. The minimum absolute atomic E-state index is 0.0535. The molecular formula is C20H20BrN3O2S. The van der Waals surface area contributed by atoms with Gasteiger partial charge in [0.05, 0.1) is 0 Å². The number of nitrogens with zero attached hydrogens (tertiary/aromatic N) is 2. The topological polar surface area (TPSA) is 64.1 Å². The van der Waals surface area contributed by atoms with Gasteiger partial charge in [-0.2, -0.15) is 0 Å². The van der Waals surface area contributed by atoms with E-state index in [1.165, 1.54) is 16.9 Å². The number of nitrogens with one attached hydrogen (secondary N) is 1. The average Bonchev–Trinajstić information content (AvgIpc) is 3.08. The van der Waals surface area contributed by atoms with Crippen molar-refractivity contribution >= 4 is 38.3 Å². The van der Waals surface area contributed by atoms with Crippen molar-refractivity contribution in [2.24, 2.45) is 0 Å². The van der Waals surface area contributed by atoms with Crippen LogP contribution in [-0.2, 0) is 12.0 Å². The van der Waals surface area contributed by atoms with Crippen LogP contribution in [0, 0.1) is 0 Å². The number of halogens is 1. The highest BCUT2D eigenvalue weighted by molar-refractivity contribution is 9.10. The molecule has 5 nitrogen and oxygen atoms in total. The summed E-state index contributed by atoms with van der Waals surface area (Å²) in [6.07, 6.45) is 0. The Balaban J connectivity index is 1.58. The number of aromatic nitrogens is 2. The second-order valence-electron chi connectivity index (χ2n) is 7.03. The lowest BCUT2D eigenvalue weighted by Crippen LogP contribution is -2.14. The van der Waals surface area contributed by atoms with Crippen LogP contribution >= 0.6 is 27.3 Å².